The highest BCUT2D eigenvalue weighted by Crippen LogP contribution is 2.32. The van der Waals surface area contributed by atoms with Crippen LogP contribution in [0, 0.1) is 5.82 Å². The Hall–Kier alpha value is -2.18. The Morgan fingerprint density at radius 1 is 1.09 bits per heavy atom. The van der Waals surface area contributed by atoms with E-state index in [4.69, 9.17) is 27.9 Å². The van der Waals surface area contributed by atoms with Gasteiger partial charge < -0.3 is 4.74 Å². The van der Waals surface area contributed by atoms with E-state index >= 15 is 0 Å². The van der Waals surface area contributed by atoms with Crippen LogP contribution in [0.25, 0.3) is 11.4 Å². The average Bonchev–Trinajstić information content (AvgIpc) is 2.99. The van der Waals surface area contributed by atoms with E-state index in [-0.39, 0.29) is 12.4 Å². The molecule has 1 aromatic heterocycles. The van der Waals surface area contributed by atoms with Crippen LogP contribution in [0.5, 0.6) is 5.75 Å². The van der Waals surface area contributed by atoms with Gasteiger partial charge in [0.1, 0.15) is 12.4 Å². The van der Waals surface area contributed by atoms with Gasteiger partial charge in [-0.2, -0.15) is 4.80 Å². The molecule has 3 aromatic rings. The van der Waals surface area contributed by atoms with Crippen molar-refractivity contribution in [2.45, 2.75) is 6.54 Å². The molecular formula is C15H11Cl2FN4O. The molecule has 0 fully saturated rings. The highest BCUT2D eigenvalue weighted by molar-refractivity contribution is 6.37. The third-order valence-corrected chi connectivity index (χ3v) is 3.59. The fourth-order valence-electron chi connectivity index (χ4n) is 1.93. The molecule has 0 saturated carbocycles. The van der Waals surface area contributed by atoms with Crippen LogP contribution >= 0.6 is 23.2 Å². The summed E-state index contributed by atoms with van der Waals surface area (Å²) in [5.74, 6) is 0.414. The number of halogens is 3. The zero-order chi connectivity index (χ0) is 16.2. The van der Waals surface area contributed by atoms with E-state index in [1.165, 1.54) is 16.9 Å². The molecule has 0 aliphatic heterocycles. The first-order chi connectivity index (χ1) is 11.1. The first kappa shape index (κ1) is 15.7. The molecule has 0 unspecified atom stereocenters. The number of para-hydroxylation sites is 1. The van der Waals surface area contributed by atoms with E-state index in [1.807, 2.05) is 0 Å². The van der Waals surface area contributed by atoms with Crippen molar-refractivity contribution in [3.63, 3.8) is 0 Å². The maximum absolute atomic E-state index is 13.2. The lowest BCUT2D eigenvalue weighted by Crippen LogP contribution is -2.11. The predicted molar refractivity (Wildman–Crippen MR) is 85.2 cm³/mol. The second kappa shape index (κ2) is 6.93. The molecule has 2 aromatic carbocycles. The molecule has 0 atom stereocenters. The van der Waals surface area contributed by atoms with Gasteiger partial charge in [-0.3, -0.25) is 0 Å². The van der Waals surface area contributed by atoms with E-state index in [2.05, 4.69) is 15.4 Å². The number of hydrogen-bond donors (Lipinski definition) is 0. The summed E-state index contributed by atoms with van der Waals surface area (Å²) < 4.78 is 18.8. The Bertz CT molecular complexity index is 804. The number of hydrogen-bond acceptors (Lipinski definition) is 4. The molecule has 23 heavy (non-hydrogen) atoms. The number of ether oxygens (including phenoxy) is 1. The zero-order valence-electron chi connectivity index (χ0n) is 11.8. The van der Waals surface area contributed by atoms with Gasteiger partial charge in [0.15, 0.2) is 5.75 Å². The first-order valence-corrected chi connectivity index (χ1v) is 7.49. The number of tetrazole rings is 1. The van der Waals surface area contributed by atoms with E-state index in [1.54, 1.807) is 30.3 Å². The molecule has 8 heteroatoms. The molecule has 0 bridgehead atoms. The van der Waals surface area contributed by atoms with Gasteiger partial charge in [-0.25, -0.2) is 4.39 Å². The molecule has 0 spiro atoms. The van der Waals surface area contributed by atoms with Crippen molar-refractivity contribution in [1.82, 2.24) is 20.2 Å². The maximum Gasteiger partial charge on any atom is 0.205 e. The Kier molecular flexibility index (Phi) is 4.73. The smallest absolute Gasteiger partial charge is 0.205 e. The second-order valence-electron chi connectivity index (χ2n) is 4.62. The fraction of sp³-hybridized carbons (Fsp3) is 0.133. The van der Waals surface area contributed by atoms with Crippen LogP contribution in [-0.2, 0) is 6.54 Å². The summed E-state index contributed by atoms with van der Waals surface area (Å²) in [5, 5.41) is 12.9. The van der Waals surface area contributed by atoms with Crippen LogP contribution in [0.15, 0.2) is 42.5 Å². The van der Waals surface area contributed by atoms with E-state index in [0.29, 0.717) is 33.7 Å². The molecule has 3 rings (SSSR count). The van der Waals surface area contributed by atoms with Gasteiger partial charge in [-0.1, -0.05) is 41.4 Å². The zero-order valence-corrected chi connectivity index (χ0v) is 13.3. The summed E-state index contributed by atoms with van der Waals surface area (Å²) in [4.78, 5) is 1.37. The van der Waals surface area contributed by atoms with Crippen molar-refractivity contribution in [1.29, 1.82) is 0 Å². The van der Waals surface area contributed by atoms with Crippen LogP contribution in [0.1, 0.15) is 0 Å². The second-order valence-corrected chi connectivity index (χ2v) is 5.43. The van der Waals surface area contributed by atoms with Crippen molar-refractivity contribution >= 4 is 23.2 Å². The maximum atomic E-state index is 13.2. The SMILES string of the molecule is Fc1cccc(-c2nnn(CCOc3c(Cl)cccc3Cl)n2)c1. The normalized spacial score (nSPS) is 10.7. The molecule has 0 N–H and O–H groups in total. The van der Waals surface area contributed by atoms with Crippen molar-refractivity contribution in [3.05, 3.63) is 58.3 Å². The molecule has 1 heterocycles. The van der Waals surface area contributed by atoms with Crippen molar-refractivity contribution in [3.8, 4) is 17.1 Å². The molecule has 0 saturated heterocycles. The quantitative estimate of drug-likeness (QED) is 0.699. The van der Waals surface area contributed by atoms with Gasteiger partial charge in [-0.05, 0) is 29.5 Å². The summed E-state index contributed by atoms with van der Waals surface area (Å²) in [7, 11) is 0. The fourth-order valence-corrected chi connectivity index (χ4v) is 2.44. The first-order valence-electron chi connectivity index (χ1n) is 6.74. The number of rotatable bonds is 5. The minimum atomic E-state index is -0.351. The van der Waals surface area contributed by atoms with Gasteiger partial charge in [0, 0.05) is 5.56 Å². The van der Waals surface area contributed by atoms with Gasteiger partial charge >= 0.3 is 0 Å². The van der Waals surface area contributed by atoms with Crippen molar-refractivity contribution in [2.24, 2.45) is 0 Å². The van der Waals surface area contributed by atoms with Crippen molar-refractivity contribution in [2.75, 3.05) is 6.61 Å². The van der Waals surface area contributed by atoms with Crippen LogP contribution in [-0.4, -0.2) is 26.8 Å². The Morgan fingerprint density at radius 2 is 1.83 bits per heavy atom. The van der Waals surface area contributed by atoms with Gasteiger partial charge in [-0.15, -0.1) is 10.2 Å². The van der Waals surface area contributed by atoms with Crippen LogP contribution in [0.2, 0.25) is 10.0 Å². The third kappa shape index (κ3) is 3.78. The predicted octanol–water partition coefficient (Wildman–Crippen LogP) is 3.87. The van der Waals surface area contributed by atoms with Crippen LogP contribution in [0.4, 0.5) is 4.39 Å². The molecule has 5 nitrogen and oxygen atoms in total. The number of benzene rings is 2. The minimum Gasteiger partial charge on any atom is -0.488 e. The van der Waals surface area contributed by atoms with Gasteiger partial charge in [0.2, 0.25) is 5.82 Å². The van der Waals surface area contributed by atoms with E-state index in [9.17, 15) is 4.39 Å². The van der Waals surface area contributed by atoms with Crippen LogP contribution < -0.4 is 4.74 Å². The van der Waals surface area contributed by atoms with Crippen molar-refractivity contribution < 1.29 is 9.13 Å². The Labute approximate surface area is 141 Å². The molecule has 0 aliphatic rings. The lowest BCUT2D eigenvalue weighted by atomic mass is 10.2. The summed E-state index contributed by atoms with van der Waals surface area (Å²) in [5.41, 5.74) is 0.561. The summed E-state index contributed by atoms with van der Waals surface area (Å²) in [6, 6.07) is 11.1. The highest BCUT2D eigenvalue weighted by atomic mass is 35.5. The Balaban J connectivity index is 1.64. The molecule has 0 radical (unpaired) electrons. The summed E-state index contributed by atoms with van der Waals surface area (Å²) in [6.07, 6.45) is 0. The largest absolute Gasteiger partial charge is 0.488 e. The summed E-state index contributed by atoms with van der Waals surface area (Å²) in [6.45, 7) is 0.617. The highest BCUT2D eigenvalue weighted by Gasteiger charge is 2.09. The third-order valence-electron chi connectivity index (χ3n) is 2.99. The molecule has 0 aliphatic carbocycles. The van der Waals surface area contributed by atoms with Gasteiger partial charge in [0.25, 0.3) is 0 Å². The molecule has 118 valence electrons. The van der Waals surface area contributed by atoms with E-state index < -0.39 is 0 Å². The minimum absolute atomic E-state index is 0.266. The van der Waals surface area contributed by atoms with Gasteiger partial charge in [0.05, 0.1) is 16.6 Å². The lowest BCUT2D eigenvalue weighted by molar-refractivity contribution is 0.280. The standard InChI is InChI=1S/C15H11Cl2FN4O/c16-12-5-2-6-13(17)14(12)23-8-7-22-20-15(19-21-22)10-3-1-4-11(18)9-10/h1-6,9H,7-8H2. The molecular weight excluding hydrogens is 342 g/mol. The Morgan fingerprint density at radius 3 is 2.57 bits per heavy atom. The lowest BCUT2D eigenvalue weighted by Gasteiger charge is -2.08. The molecule has 0 amide bonds. The van der Waals surface area contributed by atoms with Crippen LogP contribution in [0.3, 0.4) is 0 Å². The average molecular weight is 353 g/mol. The monoisotopic (exact) mass is 352 g/mol. The topological polar surface area (TPSA) is 52.8 Å². The van der Waals surface area contributed by atoms with E-state index in [0.717, 1.165) is 0 Å². The number of nitrogens with zero attached hydrogens (tertiary/aromatic N) is 4. The number of aromatic nitrogens is 4. The summed E-state index contributed by atoms with van der Waals surface area (Å²) >= 11 is 12.0.